The first kappa shape index (κ1) is 16.2. The van der Waals surface area contributed by atoms with E-state index in [0.717, 1.165) is 10.8 Å². The third-order valence-electron chi connectivity index (χ3n) is 3.66. The van der Waals surface area contributed by atoms with Gasteiger partial charge < -0.3 is 5.32 Å². The summed E-state index contributed by atoms with van der Waals surface area (Å²) in [6.45, 7) is 0. The molecule has 124 valence electrons. The van der Waals surface area contributed by atoms with Crippen LogP contribution in [0.15, 0.2) is 59.6 Å². The number of hydrogen-bond acceptors (Lipinski definition) is 4. The molecule has 0 aliphatic heterocycles. The molecule has 0 saturated heterocycles. The number of hydrogen-bond donors (Lipinski definition) is 1. The Morgan fingerprint density at radius 2 is 1.88 bits per heavy atom. The molecule has 2 aromatic carbocycles. The summed E-state index contributed by atoms with van der Waals surface area (Å²) < 4.78 is 26.4. The highest BCUT2D eigenvalue weighted by molar-refractivity contribution is 7.91. The summed E-state index contributed by atoms with van der Waals surface area (Å²) in [4.78, 5) is 12.1. The Morgan fingerprint density at radius 1 is 1.12 bits per heavy atom. The van der Waals surface area contributed by atoms with Crippen LogP contribution in [0.4, 0.5) is 5.82 Å². The lowest BCUT2D eigenvalue weighted by Gasteiger charge is -2.06. The van der Waals surface area contributed by atoms with E-state index in [2.05, 4.69) is 10.4 Å². The van der Waals surface area contributed by atoms with Gasteiger partial charge in [0.2, 0.25) is 5.91 Å². The number of anilines is 1. The lowest BCUT2D eigenvalue weighted by molar-refractivity contribution is -0.115. The summed E-state index contributed by atoms with van der Waals surface area (Å²) in [5.41, 5.74) is 0. The number of amides is 1. The van der Waals surface area contributed by atoms with Gasteiger partial charge in [0.25, 0.3) is 0 Å². The Hall–Kier alpha value is -2.67. The van der Waals surface area contributed by atoms with Crippen LogP contribution >= 0.6 is 0 Å². The molecule has 1 amide bonds. The van der Waals surface area contributed by atoms with Crippen LogP contribution in [0.2, 0.25) is 0 Å². The van der Waals surface area contributed by atoms with E-state index in [1.165, 1.54) is 0 Å². The second-order valence-corrected chi connectivity index (χ2v) is 7.61. The molecule has 0 unspecified atom stereocenters. The number of nitrogens with one attached hydrogen (secondary N) is 1. The van der Waals surface area contributed by atoms with Crippen molar-refractivity contribution in [3.8, 4) is 0 Å². The Bertz CT molecular complexity index is 993. The Labute approximate surface area is 140 Å². The molecule has 0 aliphatic carbocycles. The van der Waals surface area contributed by atoms with E-state index >= 15 is 0 Å². The highest BCUT2D eigenvalue weighted by Gasteiger charge is 2.17. The monoisotopic (exact) mass is 343 g/mol. The number of carbonyl (C=O) groups is 1. The van der Waals surface area contributed by atoms with Gasteiger partial charge in [-0.05, 0) is 22.9 Å². The van der Waals surface area contributed by atoms with Crippen molar-refractivity contribution < 1.29 is 13.2 Å². The molecule has 0 fully saturated rings. The van der Waals surface area contributed by atoms with Gasteiger partial charge in [0.1, 0.15) is 0 Å². The molecular formula is C17H17N3O3S. The normalized spacial score (nSPS) is 11.5. The van der Waals surface area contributed by atoms with Crippen molar-refractivity contribution in [1.29, 1.82) is 0 Å². The fourth-order valence-electron chi connectivity index (χ4n) is 2.39. The van der Waals surface area contributed by atoms with Crippen molar-refractivity contribution in [1.82, 2.24) is 9.78 Å². The Morgan fingerprint density at radius 3 is 2.58 bits per heavy atom. The SMILES string of the molecule is Cn1ccc(NC(=O)CCS(=O)(=O)c2ccc3ccccc3c2)n1. The van der Waals surface area contributed by atoms with Gasteiger partial charge in [0.05, 0.1) is 10.6 Å². The molecule has 7 heteroatoms. The zero-order valence-corrected chi connectivity index (χ0v) is 14.0. The number of aryl methyl sites for hydroxylation is 1. The van der Waals surface area contributed by atoms with E-state index in [0.29, 0.717) is 5.82 Å². The average Bonchev–Trinajstić information content (AvgIpc) is 2.97. The fraction of sp³-hybridized carbons (Fsp3) is 0.176. The smallest absolute Gasteiger partial charge is 0.226 e. The van der Waals surface area contributed by atoms with E-state index in [9.17, 15) is 13.2 Å². The molecule has 0 saturated carbocycles. The number of sulfone groups is 1. The minimum Gasteiger partial charge on any atom is -0.309 e. The molecule has 0 aliphatic rings. The van der Waals surface area contributed by atoms with Gasteiger partial charge in [-0.15, -0.1) is 0 Å². The molecule has 0 radical (unpaired) electrons. The van der Waals surface area contributed by atoms with E-state index in [-0.39, 0.29) is 23.0 Å². The van der Waals surface area contributed by atoms with E-state index in [1.54, 1.807) is 42.2 Å². The first-order valence-electron chi connectivity index (χ1n) is 7.45. The summed E-state index contributed by atoms with van der Waals surface area (Å²) in [5, 5.41) is 8.44. The molecule has 6 nitrogen and oxygen atoms in total. The Kier molecular flexibility index (Phi) is 4.35. The summed E-state index contributed by atoms with van der Waals surface area (Å²) in [6.07, 6.45) is 1.58. The summed E-state index contributed by atoms with van der Waals surface area (Å²) in [5.74, 6) is -0.215. The number of nitrogens with zero attached hydrogens (tertiary/aromatic N) is 2. The van der Waals surface area contributed by atoms with Gasteiger partial charge in [-0.25, -0.2) is 8.42 Å². The number of carbonyl (C=O) groups excluding carboxylic acids is 1. The minimum atomic E-state index is -3.52. The molecule has 1 aromatic heterocycles. The predicted molar refractivity (Wildman–Crippen MR) is 92.5 cm³/mol. The maximum atomic E-state index is 12.4. The molecule has 0 atom stereocenters. The average molecular weight is 343 g/mol. The molecule has 1 N–H and O–H groups in total. The van der Waals surface area contributed by atoms with Crippen LogP contribution in [0.25, 0.3) is 10.8 Å². The lowest BCUT2D eigenvalue weighted by Crippen LogP contribution is -2.17. The van der Waals surface area contributed by atoms with Crippen molar-refractivity contribution in [2.24, 2.45) is 7.05 Å². The molecule has 0 bridgehead atoms. The zero-order valence-electron chi connectivity index (χ0n) is 13.1. The van der Waals surface area contributed by atoms with Gasteiger partial charge in [-0.3, -0.25) is 9.48 Å². The summed E-state index contributed by atoms with van der Waals surface area (Å²) in [6, 6.07) is 14.2. The number of benzene rings is 2. The maximum absolute atomic E-state index is 12.4. The van der Waals surface area contributed by atoms with Crippen molar-refractivity contribution >= 4 is 32.3 Å². The molecule has 3 rings (SSSR count). The zero-order chi connectivity index (χ0) is 17.2. The minimum absolute atomic E-state index is 0.119. The quantitative estimate of drug-likeness (QED) is 0.771. The molecular weight excluding hydrogens is 326 g/mol. The third-order valence-corrected chi connectivity index (χ3v) is 5.37. The largest absolute Gasteiger partial charge is 0.309 e. The molecule has 0 spiro atoms. The second-order valence-electron chi connectivity index (χ2n) is 5.50. The van der Waals surface area contributed by atoms with Crippen LogP contribution < -0.4 is 5.32 Å². The van der Waals surface area contributed by atoms with Crippen LogP contribution in [-0.4, -0.2) is 29.9 Å². The van der Waals surface area contributed by atoms with Gasteiger partial charge in [0, 0.05) is 25.7 Å². The molecule has 1 heterocycles. The second kappa shape index (κ2) is 6.45. The predicted octanol–water partition coefficient (Wildman–Crippen LogP) is 2.38. The van der Waals surface area contributed by atoms with Gasteiger partial charge in [0.15, 0.2) is 15.7 Å². The molecule has 3 aromatic rings. The third kappa shape index (κ3) is 3.62. The highest BCUT2D eigenvalue weighted by atomic mass is 32.2. The highest BCUT2D eigenvalue weighted by Crippen LogP contribution is 2.20. The van der Waals surface area contributed by atoms with Gasteiger partial charge >= 0.3 is 0 Å². The van der Waals surface area contributed by atoms with E-state index in [4.69, 9.17) is 0 Å². The van der Waals surface area contributed by atoms with Crippen LogP contribution in [-0.2, 0) is 21.7 Å². The standard InChI is InChI=1S/C17H17N3O3S/c1-20-10-8-16(19-20)18-17(21)9-11-24(22,23)15-7-6-13-4-2-3-5-14(13)12-15/h2-8,10,12H,9,11H2,1H3,(H,18,19,21). The first-order valence-corrected chi connectivity index (χ1v) is 9.10. The summed E-state index contributed by atoms with van der Waals surface area (Å²) in [7, 11) is -1.78. The molecule has 24 heavy (non-hydrogen) atoms. The number of fused-ring (bicyclic) bond motifs is 1. The number of aromatic nitrogens is 2. The van der Waals surface area contributed by atoms with Crippen LogP contribution in [0.3, 0.4) is 0 Å². The number of rotatable bonds is 5. The fourth-order valence-corrected chi connectivity index (χ4v) is 3.66. The van der Waals surface area contributed by atoms with E-state index < -0.39 is 9.84 Å². The van der Waals surface area contributed by atoms with Crippen LogP contribution in [0.5, 0.6) is 0 Å². The van der Waals surface area contributed by atoms with Crippen molar-refractivity contribution in [3.05, 3.63) is 54.7 Å². The summed E-state index contributed by atoms with van der Waals surface area (Å²) >= 11 is 0. The topological polar surface area (TPSA) is 81.1 Å². The van der Waals surface area contributed by atoms with Crippen molar-refractivity contribution in [2.75, 3.05) is 11.1 Å². The first-order chi connectivity index (χ1) is 11.4. The van der Waals surface area contributed by atoms with E-state index in [1.807, 2.05) is 24.3 Å². The van der Waals surface area contributed by atoms with Crippen LogP contribution in [0.1, 0.15) is 6.42 Å². The van der Waals surface area contributed by atoms with Crippen LogP contribution in [0, 0.1) is 0 Å². The van der Waals surface area contributed by atoms with Gasteiger partial charge in [-0.1, -0.05) is 30.3 Å². The van der Waals surface area contributed by atoms with Crippen molar-refractivity contribution in [3.63, 3.8) is 0 Å². The Balaban J connectivity index is 1.69. The van der Waals surface area contributed by atoms with Gasteiger partial charge in [-0.2, -0.15) is 5.10 Å². The lowest BCUT2D eigenvalue weighted by atomic mass is 10.1. The van der Waals surface area contributed by atoms with Crippen molar-refractivity contribution in [2.45, 2.75) is 11.3 Å². The maximum Gasteiger partial charge on any atom is 0.226 e.